The number of carbonyl (C=O) groups is 1. The van der Waals surface area contributed by atoms with E-state index in [0.29, 0.717) is 38.2 Å². The summed E-state index contributed by atoms with van der Waals surface area (Å²) in [5.74, 6) is 2.63. The van der Waals surface area contributed by atoms with E-state index >= 15 is 0 Å². The van der Waals surface area contributed by atoms with Crippen molar-refractivity contribution in [3.8, 4) is 17.6 Å². The first-order valence-electron chi connectivity index (χ1n) is 10.7. The van der Waals surface area contributed by atoms with Gasteiger partial charge < -0.3 is 9.84 Å². The molecule has 4 nitrogen and oxygen atoms in total. The highest BCUT2D eigenvalue weighted by molar-refractivity contribution is 5.70. The number of fused-ring (bicyclic) bond motifs is 1. The summed E-state index contributed by atoms with van der Waals surface area (Å²) in [5.41, 5.74) is -2.84. The number of carboxylic acids is 1. The molecule has 0 bridgehead atoms. The van der Waals surface area contributed by atoms with Crippen LogP contribution in [-0.4, -0.2) is 42.2 Å². The Morgan fingerprint density at radius 2 is 1.83 bits per heavy atom. The first-order valence-corrected chi connectivity index (χ1v) is 10.7. The van der Waals surface area contributed by atoms with Crippen molar-refractivity contribution >= 4 is 12.0 Å². The van der Waals surface area contributed by atoms with Crippen LogP contribution in [0.4, 0.5) is 30.7 Å². The number of likely N-dealkylation sites (tertiary alicyclic amines) is 1. The van der Waals surface area contributed by atoms with Gasteiger partial charge in [-0.3, -0.25) is 9.69 Å². The molecule has 0 aromatic heterocycles. The molecule has 2 aromatic carbocycles. The zero-order chi connectivity index (χ0) is 26.3. The first-order chi connectivity index (χ1) is 16.8. The van der Waals surface area contributed by atoms with E-state index in [2.05, 4.69) is 11.8 Å². The Kier molecular flexibility index (Phi) is 6.75. The van der Waals surface area contributed by atoms with Crippen molar-refractivity contribution in [1.29, 1.82) is 0 Å². The molecule has 0 radical (unpaired) electrons. The predicted molar refractivity (Wildman–Crippen MR) is 114 cm³/mol. The molecule has 4 rings (SSSR count). The lowest BCUT2D eigenvalue weighted by Gasteiger charge is -2.22. The minimum absolute atomic E-state index is 0.00801. The van der Waals surface area contributed by atoms with Crippen molar-refractivity contribution in [3.05, 3.63) is 69.5 Å². The molecular weight excluding hydrogens is 495 g/mol. The highest BCUT2D eigenvalue weighted by Gasteiger charge is 2.38. The van der Waals surface area contributed by atoms with Crippen LogP contribution in [0.1, 0.15) is 34.2 Å². The molecule has 2 heterocycles. The van der Waals surface area contributed by atoms with E-state index in [1.54, 1.807) is 6.08 Å². The summed E-state index contributed by atoms with van der Waals surface area (Å²) in [4.78, 5) is 13.0. The van der Waals surface area contributed by atoms with Gasteiger partial charge in [-0.05, 0) is 54.9 Å². The zero-order valence-corrected chi connectivity index (χ0v) is 18.4. The zero-order valence-electron chi connectivity index (χ0n) is 18.4. The molecule has 1 N–H and O–H groups in total. The molecule has 2 aliphatic rings. The molecule has 1 unspecified atom stereocenters. The van der Waals surface area contributed by atoms with Crippen LogP contribution in [0.2, 0.25) is 0 Å². The van der Waals surface area contributed by atoms with E-state index in [4.69, 9.17) is 9.84 Å². The van der Waals surface area contributed by atoms with Gasteiger partial charge in [-0.1, -0.05) is 11.8 Å². The molecule has 2 aliphatic heterocycles. The number of halogens is 7. The maximum Gasteiger partial charge on any atom is 0.417 e. The van der Waals surface area contributed by atoms with Crippen LogP contribution in [0.5, 0.6) is 5.75 Å². The summed E-state index contributed by atoms with van der Waals surface area (Å²) in [7, 11) is 0. The fourth-order valence-corrected chi connectivity index (χ4v) is 4.10. The quantitative estimate of drug-likeness (QED) is 0.439. The molecule has 1 saturated heterocycles. The van der Waals surface area contributed by atoms with Gasteiger partial charge in [0.1, 0.15) is 18.2 Å². The van der Waals surface area contributed by atoms with Crippen LogP contribution in [0.25, 0.3) is 6.08 Å². The normalized spacial score (nSPS) is 18.1. The second kappa shape index (κ2) is 9.50. The van der Waals surface area contributed by atoms with Crippen LogP contribution in [0, 0.1) is 23.6 Å². The minimum Gasteiger partial charge on any atom is -0.488 e. The summed E-state index contributed by atoms with van der Waals surface area (Å²) in [5, 5.41) is 9.12. The van der Waals surface area contributed by atoms with E-state index in [1.807, 2.05) is 4.90 Å². The number of hydrogen-bond donors (Lipinski definition) is 1. The molecule has 11 heteroatoms. The summed E-state index contributed by atoms with van der Waals surface area (Å²) >= 11 is 0. The van der Waals surface area contributed by atoms with Crippen molar-refractivity contribution in [1.82, 2.24) is 4.90 Å². The Balaban J connectivity index is 1.57. The Hall–Kier alpha value is -3.52. The fraction of sp³-hybridized carbons (Fsp3) is 0.320. The van der Waals surface area contributed by atoms with Crippen LogP contribution in [0.15, 0.2) is 35.9 Å². The van der Waals surface area contributed by atoms with Gasteiger partial charge in [0, 0.05) is 24.2 Å². The van der Waals surface area contributed by atoms with Gasteiger partial charge in [-0.2, -0.15) is 26.3 Å². The fourth-order valence-electron chi connectivity index (χ4n) is 4.10. The SMILES string of the molecule is O=C(O)C1CCN(CC2=Cc3c(F)cc(C#Cc4ccc(C(F)(F)F)cc4C(F)(F)F)cc3OC2)C1. The molecule has 0 amide bonds. The molecule has 190 valence electrons. The molecular formula is C25H18F7NO3. The second-order valence-corrected chi connectivity index (χ2v) is 8.53. The van der Waals surface area contributed by atoms with Gasteiger partial charge in [0.05, 0.1) is 22.6 Å². The Morgan fingerprint density at radius 1 is 1.08 bits per heavy atom. The Morgan fingerprint density at radius 3 is 2.47 bits per heavy atom. The van der Waals surface area contributed by atoms with Crippen molar-refractivity contribution in [3.63, 3.8) is 0 Å². The minimum atomic E-state index is -5.07. The maximum atomic E-state index is 14.8. The largest absolute Gasteiger partial charge is 0.488 e. The topological polar surface area (TPSA) is 49.8 Å². The average Bonchev–Trinajstić information content (AvgIpc) is 3.25. The van der Waals surface area contributed by atoms with Crippen LogP contribution < -0.4 is 4.74 Å². The van der Waals surface area contributed by atoms with E-state index in [9.17, 15) is 35.5 Å². The molecule has 1 fully saturated rings. The smallest absolute Gasteiger partial charge is 0.417 e. The highest BCUT2D eigenvalue weighted by atomic mass is 19.4. The van der Waals surface area contributed by atoms with Crippen molar-refractivity contribution in [2.75, 3.05) is 26.2 Å². The Labute approximate surface area is 201 Å². The van der Waals surface area contributed by atoms with Gasteiger partial charge in [-0.25, -0.2) is 4.39 Å². The number of ether oxygens (including phenoxy) is 1. The third kappa shape index (κ3) is 5.65. The van der Waals surface area contributed by atoms with E-state index in [-0.39, 0.29) is 29.5 Å². The number of carboxylic acid groups (broad SMARTS) is 1. The molecule has 36 heavy (non-hydrogen) atoms. The average molecular weight is 513 g/mol. The van der Waals surface area contributed by atoms with Gasteiger partial charge in [0.15, 0.2) is 0 Å². The van der Waals surface area contributed by atoms with Crippen LogP contribution in [0.3, 0.4) is 0 Å². The first kappa shape index (κ1) is 25.6. The molecule has 0 aliphatic carbocycles. The second-order valence-electron chi connectivity index (χ2n) is 8.53. The molecule has 0 saturated carbocycles. The van der Waals surface area contributed by atoms with Gasteiger partial charge >= 0.3 is 18.3 Å². The number of nitrogens with zero attached hydrogens (tertiary/aromatic N) is 1. The highest BCUT2D eigenvalue weighted by Crippen LogP contribution is 2.37. The lowest BCUT2D eigenvalue weighted by molar-refractivity contribution is -0.143. The predicted octanol–water partition coefficient (Wildman–Crippen LogP) is 5.45. The number of hydrogen-bond acceptors (Lipinski definition) is 3. The lowest BCUT2D eigenvalue weighted by atomic mass is 10.0. The van der Waals surface area contributed by atoms with Crippen molar-refractivity contribution in [2.24, 2.45) is 5.92 Å². The number of alkyl halides is 6. The summed E-state index contributed by atoms with van der Waals surface area (Å²) in [6, 6.07) is 3.47. The summed E-state index contributed by atoms with van der Waals surface area (Å²) in [6.45, 7) is 1.47. The third-order valence-electron chi connectivity index (χ3n) is 5.90. The number of benzene rings is 2. The monoisotopic (exact) mass is 513 g/mol. The van der Waals surface area contributed by atoms with Gasteiger partial charge in [-0.15, -0.1) is 0 Å². The molecule has 0 spiro atoms. The Bertz CT molecular complexity index is 1290. The summed E-state index contributed by atoms with van der Waals surface area (Å²) < 4.78 is 98.9. The van der Waals surface area contributed by atoms with Crippen molar-refractivity contribution in [2.45, 2.75) is 18.8 Å². The molecule has 1 atom stereocenters. The maximum absolute atomic E-state index is 14.8. The van der Waals surface area contributed by atoms with Crippen LogP contribution in [-0.2, 0) is 17.1 Å². The molecule has 2 aromatic rings. The van der Waals surface area contributed by atoms with Gasteiger partial charge in [0.25, 0.3) is 0 Å². The van der Waals surface area contributed by atoms with Crippen molar-refractivity contribution < 1.29 is 45.4 Å². The number of aliphatic carboxylic acids is 1. The van der Waals surface area contributed by atoms with Gasteiger partial charge in [0.2, 0.25) is 0 Å². The standard InChI is InChI=1S/C25H18F7NO3/c26-21-8-14(1-2-16-3-4-18(24(27,28)29)10-20(16)25(30,31)32)9-22-19(21)7-15(13-36-22)11-33-6-5-17(12-33)23(34)35/h3-4,7-10,17H,5-6,11-13H2,(H,34,35). The third-order valence-corrected chi connectivity index (χ3v) is 5.90. The summed E-state index contributed by atoms with van der Waals surface area (Å²) in [6.07, 6.45) is -7.93. The van der Waals surface area contributed by atoms with E-state index in [1.165, 1.54) is 6.07 Å². The van der Waals surface area contributed by atoms with Crippen LogP contribution >= 0.6 is 0 Å². The van der Waals surface area contributed by atoms with E-state index in [0.717, 1.165) is 11.6 Å². The number of rotatable bonds is 3. The lowest BCUT2D eigenvalue weighted by Crippen LogP contribution is -2.27. The van der Waals surface area contributed by atoms with E-state index < -0.39 is 46.7 Å².